The molecule has 0 bridgehead atoms. The fourth-order valence-corrected chi connectivity index (χ4v) is 1.66. The van der Waals surface area contributed by atoms with Gasteiger partial charge in [-0.15, -0.1) is 0 Å². The molecule has 100 valence electrons. The molecule has 0 radical (unpaired) electrons. The van der Waals surface area contributed by atoms with Crippen molar-refractivity contribution in [1.82, 2.24) is 5.32 Å². The van der Waals surface area contributed by atoms with Gasteiger partial charge >= 0.3 is 0 Å². The molecular weight excluding hydrogens is 260 g/mol. The SMILES string of the molecule is COc1cccc(C(=O)NCCS(N)(=O)=O)c1O. The molecule has 0 fully saturated rings. The van der Waals surface area contributed by atoms with Crippen molar-refractivity contribution >= 4 is 15.9 Å². The van der Waals surface area contributed by atoms with Crippen molar-refractivity contribution in [3.8, 4) is 11.5 Å². The Morgan fingerprint density at radius 1 is 1.50 bits per heavy atom. The molecule has 0 aliphatic heterocycles. The molecule has 0 aliphatic rings. The predicted molar refractivity (Wildman–Crippen MR) is 65.0 cm³/mol. The molecule has 18 heavy (non-hydrogen) atoms. The number of methoxy groups -OCH3 is 1. The van der Waals surface area contributed by atoms with Gasteiger partial charge in [-0.2, -0.15) is 0 Å². The van der Waals surface area contributed by atoms with Crippen molar-refractivity contribution in [3.05, 3.63) is 23.8 Å². The number of para-hydroxylation sites is 1. The van der Waals surface area contributed by atoms with Crippen LogP contribution in [0, 0.1) is 0 Å². The standard InChI is InChI=1S/C10H14N2O5S/c1-17-8-4-2-3-7(9(8)13)10(14)12-5-6-18(11,15)16/h2-4,13H,5-6H2,1H3,(H,12,14)(H2,11,15,16). The van der Waals surface area contributed by atoms with Gasteiger partial charge in [0.05, 0.1) is 18.4 Å². The minimum absolute atomic E-state index is 0.00349. The van der Waals surface area contributed by atoms with Crippen LogP contribution in [0.5, 0.6) is 11.5 Å². The van der Waals surface area contributed by atoms with Crippen molar-refractivity contribution in [2.45, 2.75) is 0 Å². The zero-order chi connectivity index (χ0) is 13.8. The third-order valence-electron chi connectivity index (χ3n) is 2.14. The topological polar surface area (TPSA) is 119 Å². The highest BCUT2D eigenvalue weighted by Gasteiger charge is 2.14. The molecule has 0 saturated carbocycles. The third-order valence-corrected chi connectivity index (χ3v) is 2.91. The van der Waals surface area contributed by atoms with Gasteiger partial charge in [-0.3, -0.25) is 4.79 Å². The average Bonchev–Trinajstić information content (AvgIpc) is 2.27. The molecule has 0 heterocycles. The van der Waals surface area contributed by atoms with E-state index >= 15 is 0 Å². The summed E-state index contributed by atoms with van der Waals surface area (Å²) in [4.78, 5) is 11.7. The van der Waals surface area contributed by atoms with E-state index < -0.39 is 15.9 Å². The van der Waals surface area contributed by atoms with E-state index in [1.165, 1.54) is 25.3 Å². The second-order valence-electron chi connectivity index (χ2n) is 3.48. The van der Waals surface area contributed by atoms with E-state index in [2.05, 4.69) is 5.32 Å². The molecule has 7 nitrogen and oxygen atoms in total. The molecule has 1 aromatic carbocycles. The second-order valence-corrected chi connectivity index (χ2v) is 5.21. The number of primary sulfonamides is 1. The number of hydrogen-bond donors (Lipinski definition) is 3. The van der Waals surface area contributed by atoms with Crippen molar-refractivity contribution in [1.29, 1.82) is 0 Å². The first-order valence-corrected chi connectivity index (χ1v) is 6.71. The fourth-order valence-electron chi connectivity index (χ4n) is 1.27. The van der Waals surface area contributed by atoms with Crippen LogP contribution in [-0.4, -0.2) is 38.8 Å². The molecule has 4 N–H and O–H groups in total. The van der Waals surface area contributed by atoms with Crippen molar-refractivity contribution in [3.63, 3.8) is 0 Å². The summed E-state index contributed by atoms with van der Waals surface area (Å²) in [5.41, 5.74) is 0.00349. The van der Waals surface area contributed by atoms with Gasteiger partial charge in [0, 0.05) is 6.54 Å². The molecule has 1 aromatic rings. The first-order valence-electron chi connectivity index (χ1n) is 5.00. The number of carbonyl (C=O) groups excluding carboxylic acids is 1. The van der Waals surface area contributed by atoms with Crippen molar-refractivity contribution < 1.29 is 23.1 Å². The number of sulfonamides is 1. The molecule has 0 spiro atoms. The summed E-state index contributed by atoms with van der Waals surface area (Å²) in [6, 6.07) is 4.42. The maximum atomic E-state index is 11.7. The molecule has 1 amide bonds. The number of phenols is 1. The largest absolute Gasteiger partial charge is 0.504 e. The first kappa shape index (κ1) is 14.3. The van der Waals surface area contributed by atoms with Gasteiger partial charge in [-0.25, -0.2) is 13.6 Å². The summed E-state index contributed by atoms with van der Waals surface area (Å²) in [5, 5.41) is 16.8. The van der Waals surface area contributed by atoms with Crippen LogP contribution in [0.15, 0.2) is 18.2 Å². The number of benzene rings is 1. The molecule has 8 heteroatoms. The molecule has 0 aromatic heterocycles. The number of hydrogen-bond acceptors (Lipinski definition) is 5. The van der Waals surface area contributed by atoms with Gasteiger partial charge in [0.2, 0.25) is 10.0 Å². The lowest BCUT2D eigenvalue weighted by molar-refractivity contribution is 0.0953. The number of ether oxygens (including phenoxy) is 1. The van der Waals surface area contributed by atoms with Crippen LogP contribution < -0.4 is 15.2 Å². The van der Waals surface area contributed by atoms with Crippen LogP contribution in [0.1, 0.15) is 10.4 Å². The highest BCUT2D eigenvalue weighted by Crippen LogP contribution is 2.28. The van der Waals surface area contributed by atoms with Gasteiger partial charge in [-0.1, -0.05) is 6.07 Å². The van der Waals surface area contributed by atoms with Gasteiger partial charge in [-0.05, 0) is 12.1 Å². The van der Waals surface area contributed by atoms with Crippen LogP contribution in [0.3, 0.4) is 0 Å². The lowest BCUT2D eigenvalue weighted by Gasteiger charge is -2.08. The van der Waals surface area contributed by atoms with Crippen LogP contribution in [0.4, 0.5) is 0 Å². The molecular formula is C10H14N2O5S. The quantitative estimate of drug-likeness (QED) is 0.663. The van der Waals surface area contributed by atoms with E-state index in [0.717, 1.165) is 0 Å². The summed E-state index contributed by atoms with van der Waals surface area (Å²) in [7, 11) is -2.27. The van der Waals surface area contributed by atoms with E-state index in [-0.39, 0.29) is 29.4 Å². The van der Waals surface area contributed by atoms with Crippen molar-refractivity contribution in [2.75, 3.05) is 19.4 Å². The highest BCUT2D eigenvalue weighted by molar-refractivity contribution is 7.89. The van der Waals surface area contributed by atoms with E-state index in [0.29, 0.717) is 0 Å². The number of phenolic OH excluding ortho intramolecular Hbond substituents is 1. The molecule has 0 unspecified atom stereocenters. The monoisotopic (exact) mass is 274 g/mol. The number of nitrogens with two attached hydrogens (primary N) is 1. The summed E-state index contributed by atoms with van der Waals surface area (Å²) in [6.07, 6.45) is 0. The minimum atomic E-state index is -3.63. The van der Waals surface area contributed by atoms with E-state index in [1.54, 1.807) is 0 Å². The van der Waals surface area contributed by atoms with Crippen molar-refractivity contribution in [2.24, 2.45) is 5.14 Å². The fraction of sp³-hybridized carbons (Fsp3) is 0.300. The van der Waals surface area contributed by atoms with Crippen LogP contribution in [0.25, 0.3) is 0 Å². The number of rotatable bonds is 5. The summed E-state index contributed by atoms with van der Waals surface area (Å²) in [5.74, 6) is -1.11. The summed E-state index contributed by atoms with van der Waals surface area (Å²) in [6.45, 7) is -0.131. The maximum absolute atomic E-state index is 11.7. The Morgan fingerprint density at radius 2 is 2.17 bits per heavy atom. The number of amides is 1. The predicted octanol–water partition coefficient (Wildman–Crippen LogP) is -0.581. The Bertz CT molecular complexity index is 541. The van der Waals surface area contributed by atoms with Crippen LogP contribution in [-0.2, 0) is 10.0 Å². The van der Waals surface area contributed by atoms with E-state index in [4.69, 9.17) is 9.88 Å². The number of nitrogens with one attached hydrogen (secondary N) is 1. The summed E-state index contributed by atoms with van der Waals surface area (Å²) < 4.78 is 26.2. The Balaban J connectivity index is 2.73. The number of carbonyl (C=O) groups is 1. The summed E-state index contributed by atoms with van der Waals surface area (Å²) >= 11 is 0. The lowest BCUT2D eigenvalue weighted by Crippen LogP contribution is -2.31. The number of aromatic hydroxyl groups is 1. The van der Waals surface area contributed by atoms with Gasteiger partial charge in [0.15, 0.2) is 11.5 Å². The Hall–Kier alpha value is -1.80. The molecule has 0 saturated heterocycles. The Kier molecular flexibility index (Phi) is 4.51. The van der Waals surface area contributed by atoms with Gasteiger partial charge in [0.1, 0.15) is 0 Å². The smallest absolute Gasteiger partial charge is 0.255 e. The van der Waals surface area contributed by atoms with E-state index in [1.807, 2.05) is 0 Å². The first-order chi connectivity index (χ1) is 8.35. The second kappa shape index (κ2) is 5.69. The van der Waals surface area contributed by atoms with Gasteiger partial charge < -0.3 is 15.2 Å². The minimum Gasteiger partial charge on any atom is -0.504 e. The normalized spacial score (nSPS) is 11.0. The van der Waals surface area contributed by atoms with E-state index in [9.17, 15) is 18.3 Å². The zero-order valence-corrected chi connectivity index (χ0v) is 10.5. The molecule has 0 atom stereocenters. The Labute approximate surface area is 105 Å². The van der Waals surface area contributed by atoms with Gasteiger partial charge in [0.25, 0.3) is 5.91 Å². The Morgan fingerprint density at radius 3 is 2.72 bits per heavy atom. The molecule has 0 aliphatic carbocycles. The highest BCUT2D eigenvalue weighted by atomic mass is 32.2. The average molecular weight is 274 g/mol. The van der Waals surface area contributed by atoms with Crippen LogP contribution >= 0.6 is 0 Å². The molecule has 1 rings (SSSR count). The van der Waals surface area contributed by atoms with Crippen LogP contribution in [0.2, 0.25) is 0 Å². The maximum Gasteiger partial charge on any atom is 0.255 e. The zero-order valence-electron chi connectivity index (χ0n) is 9.71. The third kappa shape index (κ3) is 3.90. The lowest BCUT2D eigenvalue weighted by atomic mass is 10.1.